The molecule has 0 heterocycles. The molecule has 0 saturated carbocycles. The van der Waals surface area contributed by atoms with Gasteiger partial charge in [0.15, 0.2) is 0 Å². The Hall–Kier alpha value is 0.210. The van der Waals surface area contributed by atoms with Crippen LogP contribution < -0.4 is 34.7 Å². The summed E-state index contributed by atoms with van der Waals surface area (Å²) in [4.78, 5) is 10.2. The Morgan fingerprint density at radius 1 is 1.40 bits per heavy atom. The van der Waals surface area contributed by atoms with Gasteiger partial charge in [0.05, 0.1) is 0 Å². The summed E-state index contributed by atoms with van der Waals surface area (Å²) < 4.78 is 0. The summed E-state index contributed by atoms with van der Waals surface area (Å²) in [5, 5.41) is 10.2. The van der Waals surface area contributed by atoms with Crippen LogP contribution in [0.3, 0.4) is 0 Å². The van der Waals surface area contributed by atoms with E-state index in [1.54, 1.807) is 0 Å². The van der Waals surface area contributed by atoms with E-state index in [0.717, 1.165) is 25.7 Å². The topological polar surface area (TPSA) is 40.1 Å². The number of carbonyl (C=O) groups excluding carboxylic acids is 1. The molecule has 0 aliphatic heterocycles. The quantitative estimate of drug-likeness (QED) is 0.400. The van der Waals surface area contributed by atoms with E-state index in [1.165, 1.54) is 6.42 Å². The van der Waals surface area contributed by atoms with Crippen LogP contribution in [0.5, 0.6) is 0 Å². The minimum atomic E-state index is -0.923. The van der Waals surface area contributed by atoms with E-state index < -0.39 is 5.97 Å². The van der Waals surface area contributed by atoms with Crippen molar-refractivity contribution in [3.8, 4) is 0 Å². The zero-order valence-electron chi connectivity index (χ0n) is 10.3. The summed E-state index contributed by atoms with van der Waals surface area (Å²) in [6.45, 7) is 4.19. The molecule has 0 radical (unpaired) electrons. The summed E-state index contributed by atoms with van der Waals surface area (Å²) in [5.74, 6) is -0.251. The van der Waals surface area contributed by atoms with Crippen molar-refractivity contribution in [2.75, 3.05) is 0 Å². The number of carboxylic acid groups (broad SMARTS) is 1. The predicted octanol–water partition coefficient (Wildman–Crippen LogP) is -0.707. The molecule has 0 amide bonds. The van der Waals surface area contributed by atoms with Crippen LogP contribution in [0, 0.1) is 5.92 Å². The molecule has 0 rings (SSSR count). The summed E-state index contributed by atoms with van der Waals surface area (Å²) in [5.41, 5.74) is 0. The molecule has 0 bridgehead atoms. The maximum absolute atomic E-state index is 10.2. The van der Waals surface area contributed by atoms with Crippen molar-refractivity contribution in [1.82, 2.24) is 0 Å². The summed E-state index contributed by atoms with van der Waals surface area (Å²) in [7, 11) is 0. The molecule has 0 aromatic rings. The smallest absolute Gasteiger partial charge is 0.550 e. The first-order chi connectivity index (χ1) is 6.70. The predicted molar refractivity (Wildman–Crippen MR) is 56.7 cm³/mol. The zero-order valence-corrected chi connectivity index (χ0v) is 12.3. The van der Waals surface area contributed by atoms with Gasteiger partial charge in [0, 0.05) is 5.97 Å². The third kappa shape index (κ3) is 12.1. The molecule has 1 atom stereocenters. The van der Waals surface area contributed by atoms with Crippen LogP contribution in [0.25, 0.3) is 0 Å². The third-order valence-corrected chi connectivity index (χ3v) is 2.55. The second-order valence-corrected chi connectivity index (χ2v) is 3.68. The molecular formula is C12H21NaO2. The van der Waals surface area contributed by atoms with E-state index in [4.69, 9.17) is 0 Å². The number of carbonyl (C=O) groups is 1. The van der Waals surface area contributed by atoms with Crippen molar-refractivity contribution < 1.29 is 39.5 Å². The Morgan fingerprint density at radius 3 is 2.53 bits per heavy atom. The van der Waals surface area contributed by atoms with Crippen molar-refractivity contribution >= 4 is 5.97 Å². The van der Waals surface area contributed by atoms with E-state index in [2.05, 4.69) is 19.1 Å². The monoisotopic (exact) mass is 220 g/mol. The molecule has 0 aliphatic carbocycles. The average Bonchev–Trinajstić information content (AvgIpc) is 2.15. The maximum atomic E-state index is 10.2. The van der Waals surface area contributed by atoms with Gasteiger partial charge in [-0.25, -0.2) is 0 Å². The fourth-order valence-corrected chi connectivity index (χ4v) is 1.59. The largest absolute Gasteiger partial charge is 1.00 e. The van der Waals surface area contributed by atoms with Crippen LogP contribution in [0.2, 0.25) is 0 Å². The van der Waals surface area contributed by atoms with Gasteiger partial charge in [0.25, 0.3) is 0 Å². The van der Waals surface area contributed by atoms with Gasteiger partial charge in [-0.05, 0) is 38.5 Å². The second kappa shape index (κ2) is 12.3. The number of rotatable bonds is 8. The molecule has 0 aliphatic rings. The first kappa shape index (κ1) is 17.6. The van der Waals surface area contributed by atoms with Crippen molar-refractivity contribution in [2.45, 2.75) is 52.4 Å². The van der Waals surface area contributed by atoms with E-state index in [9.17, 15) is 9.90 Å². The van der Waals surface area contributed by atoms with Crippen LogP contribution in [-0.2, 0) is 4.79 Å². The Morgan fingerprint density at radius 2 is 2.07 bits per heavy atom. The van der Waals surface area contributed by atoms with Crippen LogP contribution in [0.1, 0.15) is 52.4 Å². The van der Waals surface area contributed by atoms with Gasteiger partial charge in [-0.15, -0.1) is 0 Å². The van der Waals surface area contributed by atoms with Crippen LogP contribution in [0.4, 0.5) is 0 Å². The summed E-state index contributed by atoms with van der Waals surface area (Å²) in [6, 6.07) is 0. The molecule has 0 N–H and O–H groups in total. The van der Waals surface area contributed by atoms with Gasteiger partial charge in [-0.3, -0.25) is 0 Å². The Bertz CT molecular complexity index is 178. The maximum Gasteiger partial charge on any atom is 1.00 e. The summed E-state index contributed by atoms with van der Waals surface area (Å²) in [6.07, 6.45) is 9.65. The molecule has 0 aromatic heterocycles. The van der Waals surface area contributed by atoms with E-state index in [-0.39, 0.29) is 36.0 Å². The van der Waals surface area contributed by atoms with E-state index in [0.29, 0.717) is 5.92 Å². The molecule has 3 heteroatoms. The molecule has 15 heavy (non-hydrogen) atoms. The number of hydrogen-bond acceptors (Lipinski definition) is 2. The number of carboxylic acids is 1. The van der Waals surface area contributed by atoms with Crippen LogP contribution >= 0.6 is 0 Å². The average molecular weight is 220 g/mol. The fourth-order valence-electron chi connectivity index (χ4n) is 1.59. The normalized spacial score (nSPS) is 12.4. The van der Waals surface area contributed by atoms with Crippen molar-refractivity contribution in [3.63, 3.8) is 0 Å². The Kier molecular flexibility index (Phi) is 14.4. The van der Waals surface area contributed by atoms with Gasteiger partial charge in [0.2, 0.25) is 0 Å². The van der Waals surface area contributed by atoms with E-state index in [1.807, 2.05) is 6.92 Å². The molecule has 0 spiro atoms. The molecule has 82 valence electrons. The fraction of sp³-hybridized carbons (Fsp3) is 0.750. The standard InChI is InChI=1S/C12H22O2.Na/c1-3-5-6-8-11(4-2)9-7-10-12(13)14;/h3,5,11H,4,6-10H2,1-2H3,(H,13,14);/q;+1/p-1. The van der Waals surface area contributed by atoms with Gasteiger partial charge >= 0.3 is 29.6 Å². The molecular weight excluding hydrogens is 199 g/mol. The first-order valence-electron chi connectivity index (χ1n) is 5.51. The van der Waals surface area contributed by atoms with Gasteiger partial charge in [-0.2, -0.15) is 0 Å². The van der Waals surface area contributed by atoms with Crippen LogP contribution in [-0.4, -0.2) is 5.97 Å². The number of hydrogen-bond donors (Lipinski definition) is 0. The first-order valence-corrected chi connectivity index (χ1v) is 5.51. The zero-order chi connectivity index (χ0) is 10.8. The van der Waals surface area contributed by atoms with Gasteiger partial charge in [0.1, 0.15) is 0 Å². The Labute approximate surface area is 115 Å². The van der Waals surface area contributed by atoms with Crippen molar-refractivity contribution in [2.24, 2.45) is 5.92 Å². The second-order valence-electron chi connectivity index (χ2n) is 3.68. The van der Waals surface area contributed by atoms with E-state index >= 15 is 0 Å². The summed E-state index contributed by atoms with van der Waals surface area (Å²) >= 11 is 0. The molecule has 1 unspecified atom stereocenters. The van der Waals surface area contributed by atoms with Crippen molar-refractivity contribution in [1.29, 1.82) is 0 Å². The Balaban J connectivity index is 0. The van der Waals surface area contributed by atoms with Crippen molar-refractivity contribution in [3.05, 3.63) is 12.2 Å². The molecule has 2 nitrogen and oxygen atoms in total. The number of allylic oxidation sites excluding steroid dienone is 2. The third-order valence-electron chi connectivity index (χ3n) is 2.55. The molecule has 0 fully saturated rings. The van der Waals surface area contributed by atoms with Gasteiger partial charge in [-0.1, -0.05) is 31.9 Å². The SMILES string of the molecule is CC=CCCC(CC)CCCC(=O)[O-].[Na+]. The minimum absolute atomic E-state index is 0. The number of aliphatic carboxylic acids is 1. The van der Waals surface area contributed by atoms with Crippen LogP contribution in [0.15, 0.2) is 12.2 Å². The molecule has 0 saturated heterocycles. The molecule has 0 aromatic carbocycles. The minimum Gasteiger partial charge on any atom is -0.550 e. The van der Waals surface area contributed by atoms with Gasteiger partial charge < -0.3 is 9.90 Å².